The molecule has 3 N–H and O–H groups in total. The maximum absolute atomic E-state index is 12.1. The second-order valence-corrected chi connectivity index (χ2v) is 6.17. The fraction of sp³-hybridized carbons (Fsp3) is 0.556. The van der Waals surface area contributed by atoms with Crippen molar-refractivity contribution in [3.63, 3.8) is 0 Å². The van der Waals surface area contributed by atoms with Gasteiger partial charge in [0.15, 0.2) is 0 Å². The highest BCUT2D eigenvalue weighted by atomic mass is 16.2. The number of amides is 3. The Balaban J connectivity index is 1.80. The normalized spacial score (nSPS) is 15.0. The van der Waals surface area contributed by atoms with Crippen LogP contribution in [0.2, 0.25) is 0 Å². The third-order valence-corrected chi connectivity index (χ3v) is 4.35. The first-order chi connectivity index (χ1) is 11.1. The first-order valence-corrected chi connectivity index (χ1v) is 8.53. The molecular formula is C18H27N3O2. The lowest BCUT2D eigenvalue weighted by atomic mass is 9.96. The van der Waals surface area contributed by atoms with E-state index in [4.69, 9.17) is 0 Å². The van der Waals surface area contributed by atoms with Gasteiger partial charge in [-0.2, -0.15) is 0 Å². The van der Waals surface area contributed by atoms with Crippen LogP contribution >= 0.6 is 0 Å². The number of para-hydroxylation sites is 1. The van der Waals surface area contributed by atoms with E-state index in [1.807, 2.05) is 25.1 Å². The van der Waals surface area contributed by atoms with Gasteiger partial charge in [0.05, 0.1) is 6.54 Å². The van der Waals surface area contributed by atoms with Crippen LogP contribution < -0.4 is 16.0 Å². The van der Waals surface area contributed by atoms with Gasteiger partial charge in [-0.1, -0.05) is 44.4 Å². The summed E-state index contributed by atoms with van der Waals surface area (Å²) in [6.45, 7) is 4.01. The van der Waals surface area contributed by atoms with Crippen LogP contribution in [0.3, 0.4) is 0 Å². The minimum absolute atomic E-state index is 0.0178. The highest BCUT2D eigenvalue weighted by Gasteiger charge is 2.16. The van der Waals surface area contributed by atoms with Crippen molar-refractivity contribution in [1.29, 1.82) is 0 Å². The quantitative estimate of drug-likeness (QED) is 0.781. The lowest BCUT2D eigenvalue weighted by Gasteiger charge is -2.22. The van der Waals surface area contributed by atoms with Gasteiger partial charge in [0.25, 0.3) is 0 Å². The Hall–Kier alpha value is -2.04. The van der Waals surface area contributed by atoms with Crippen molar-refractivity contribution >= 4 is 17.6 Å². The van der Waals surface area contributed by atoms with E-state index in [0.29, 0.717) is 0 Å². The SMILES string of the molecule is CCc1cccc(C)c1NC(=O)CNC(=O)NC1CCCCC1. The van der Waals surface area contributed by atoms with E-state index in [9.17, 15) is 9.59 Å². The lowest BCUT2D eigenvalue weighted by Crippen LogP contribution is -2.45. The number of benzene rings is 1. The average molecular weight is 317 g/mol. The average Bonchev–Trinajstić information content (AvgIpc) is 2.56. The topological polar surface area (TPSA) is 70.2 Å². The van der Waals surface area contributed by atoms with Crippen LogP contribution in [0.4, 0.5) is 10.5 Å². The maximum atomic E-state index is 12.1. The van der Waals surface area contributed by atoms with Gasteiger partial charge in [-0.05, 0) is 37.3 Å². The first-order valence-electron chi connectivity index (χ1n) is 8.53. The monoisotopic (exact) mass is 317 g/mol. The molecule has 3 amide bonds. The Morgan fingerprint density at radius 1 is 1.17 bits per heavy atom. The van der Waals surface area contributed by atoms with Crippen LogP contribution in [0, 0.1) is 6.92 Å². The summed E-state index contributed by atoms with van der Waals surface area (Å²) in [6, 6.07) is 5.95. The molecule has 1 aliphatic rings. The molecule has 0 atom stereocenters. The van der Waals surface area contributed by atoms with Crippen LogP contribution in [0.1, 0.15) is 50.2 Å². The summed E-state index contributed by atoms with van der Waals surface area (Å²) < 4.78 is 0. The smallest absolute Gasteiger partial charge is 0.315 e. The number of urea groups is 1. The number of hydrogen-bond donors (Lipinski definition) is 3. The fourth-order valence-corrected chi connectivity index (χ4v) is 3.03. The van der Waals surface area contributed by atoms with Crippen LogP contribution in [0.15, 0.2) is 18.2 Å². The van der Waals surface area contributed by atoms with Gasteiger partial charge in [-0.25, -0.2) is 4.79 Å². The molecule has 23 heavy (non-hydrogen) atoms. The molecule has 1 aromatic rings. The number of rotatable bonds is 5. The number of aryl methyl sites for hydroxylation is 2. The molecule has 0 spiro atoms. The van der Waals surface area contributed by atoms with Crippen molar-refractivity contribution in [2.75, 3.05) is 11.9 Å². The standard InChI is InChI=1S/C18H27N3O2/c1-3-14-9-7-8-13(2)17(14)21-16(22)12-19-18(23)20-15-10-5-4-6-11-15/h7-9,15H,3-6,10-12H2,1-2H3,(H,21,22)(H2,19,20,23). The molecule has 5 nitrogen and oxygen atoms in total. The number of anilines is 1. The molecule has 0 aromatic heterocycles. The molecular weight excluding hydrogens is 290 g/mol. The van der Waals surface area contributed by atoms with Crippen molar-refractivity contribution in [3.8, 4) is 0 Å². The molecule has 0 radical (unpaired) electrons. The number of carbonyl (C=O) groups excluding carboxylic acids is 2. The predicted molar refractivity (Wildman–Crippen MR) is 92.6 cm³/mol. The molecule has 1 aromatic carbocycles. The molecule has 0 bridgehead atoms. The van der Waals surface area contributed by atoms with Crippen molar-refractivity contribution < 1.29 is 9.59 Å². The fourth-order valence-electron chi connectivity index (χ4n) is 3.03. The van der Waals surface area contributed by atoms with Crippen molar-refractivity contribution in [2.45, 2.75) is 58.4 Å². The second kappa shape index (κ2) is 8.56. The minimum Gasteiger partial charge on any atom is -0.335 e. The van der Waals surface area contributed by atoms with Gasteiger partial charge < -0.3 is 16.0 Å². The van der Waals surface area contributed by atoms with Crippen molar-refractivity contribution in [2.24, 2.45) is 0 Å². The molecule has 1 saturated carbocycles. The van der Waals surface area contributed by atoms with Gasteiger partial charge in [0.2, 0.25) is 5.91 Å². The van der Waals surface area contributed by atoms with E-state index in [1.165, 1.54) is 19.3 Å². The zero-order valence-corrected chi connectivity index (χ0v) is 14.1. The Labute approximate surface area is 138 Å². The number of carbonyl (C=O) groups is 2. The van der Waals surface area contributed by atoms with Gasteiger partial charge in [-0.3, -0.25) is 4.79 Å². The van der Waals surface area contributed by atoms with Crippen molar-refractivity contribution in [3.05, 3.63) is 29.3 Å². The van der Waals surface area contributed by atoms with E-state index >= 15 is 0 Å². The molecule has 2 rings (SSSR count). The molecule has 0 saturated heterocycles. The first kappa shape index (κ1) is 17.3. The summed E-state index contributed by atoms with van der Waals surface area (Å²) in [6.07, 6.45) is 6.49. The minimum atomic E-state index is -0.257. The highest BCUT2D eigenvalue weighted by molar-refractivity contribution is 5.95. The summed E-state index contributed by atoms with van der Waals surface area (Å²) >= 11 is 0. The molecule has 0 heterocycles. The highest BCUT2D eigenvalue weighted by Crippen LogP contribution is 2.20. The second-order valence-electron chi connectivity index (χ2n) is 6.17. The van der Waals surface area contributed by atoms with Crippen molar-refractivity contribution in [1.82, 2.24) is 10.6 Å². The van der Waals surface area contributed by atoms with Gasteiger partial charge in [-0.15, -0.1) is 0 Å². The van der Waals surface area contributed by atoms with Gasteiger partial charge >= 0.3 is 6.03 Å². The predicted octanol–water partition coefficient (Wildman–Crippen LogP) is 3.13. The number of hydrogen-bond acceptors (Lipinski definition) is 2. The lowest BCUT2D eigenvalue weighted by molar-refractivity contribution is -0.115. The summed E-state index contributed by atoms with van der Waals surface area (Å²) in [5, 5.41) is 8.49. The number of nitrogens with one attached hydrogen (secondary N) is 3. The van der Waals surface area contributed by atoms with Crippen LogP contribution in [-0.2, 0) is 11.2 Å². The zero-order chi connectivity index (χ0) is 16.7. The third-order valence-electron chi connectivity index (χ3n) is 4.35. The molecule has 5 heteroatoms. The molecule has 0 unspecified atom stereocenters. The van der Waals surface area contributed by atoms with E-state index in [1.54, 1.807) is 0 Å². The van der Waals surface area contributed by atoms with Gasteiger partial charge in [0.1, 0.15) is 0 Å². The molecule has 1 aliphatic carbocycles. The Morgan fingerprint density at radius 2 is 1.91 bits per heavy atom. The summed E-state index contributed by atoms with van der Waals surface area (Å²) in [4.78, 5) is 23.9. The van der Waals surface area contributed by atoms with E-state index in [2.05, 4.69) is 22.9 Å². The van der Waals surface area contributed by atoms with E-state index < -0.39 is 0 Å². The Kier molecular flexibility index (Phi) is 6.44. The summed E-state index contributed by atoms with van der Waals surface area (Å²) in [5.74, 6) is -0.201. The van der Waals surface area contributed by atoms with Crippen LogP contribution in [0.5, 0.6) is 0 Å². The Bertz CT molecular complexity index is 551. The summed E-state index contributed by atoms with van der Waals surface area (Å²) in [5.41, 5.74) is 2.99. The molecule has 126 valence electrons. The third kappa shape index (κ3) is 5.27. The van der Waals surface area contributed by atoms with Crippen LogP contribution in [0.25, 0.3) is 0 Å². The van der Waals surface area contributed by atoms with E-state index in [0.717, 1.165) is 36.1 Å². The van der Waals surface area contributed by atoms with E-state index in [-0.39, 0.29) is 24.5 Å². The largest absolute Gasteiger partial charge is 0.335 e. The van der Waals surface area contributed by atoms with Gasteiger partial charge in [0, 0.05) is 11.7 Å². The Morgan fingerprint density at radius 3 is 2.61 bits per heavy atom. The van der Waals surface area contributed by atoms with Crippen LogP contribution in [-0.4, -0.2) is 24.5 Å². The molecule has 1 fully saturated rings. The maximum Gasteiger partial charge on any atom is 0.315 e. The zero-order valence-electron chi connectivity index (χ0n) is 14.1. The molecule has 0 aliphatic heterocycles. The summed E-state index contributed by atoms with van der Waals surface area (Å²) in [7, 11) is 0.